The summed E-state index contributed by atoms with van der Waals surface area (Å²) in [6.07, 6.45) is 1.51. The molecular formula is C19H23N3O4. The number of piperazine rings is 1. The summed E-state index contributed by atoms with van der Waals surface area (Å²) in [4.78, 5) is 28.2. The maximum Gasteiger partial charge on any atom is 0.290 e. The molecule has 0 saturated carbocycles. The van der Waals surface area contributed by atoms with Crippen molar-refractivity contribution >= 4 is 11.8 Å². The second-order valence-electron chi connectivity index (χ2n) is 6.72. The predicted octanol–water partition coefficient (Wildman–Crippen LogP) is 2.13. The Hall–Kier alpha value is -2.64. The zero-order valence-electron chi connectivity index (χ0n) is 14.9. The van der Waals surface area contributed by atoms with Gasteiger partial charge in [0.15, 0.2) is 5.76 Å². The molecule has 2 heterocycles. The van der Waals surface area contributed by atoms with E-state index in [2.05, 4.69) is 4.90 Å². The van der Waals surface area contributed by atoms with Gasteiger partial charge in [0, 0.05) is 37.3 Å². The van der Waals surface area contributed by atoms with Crippen LogP contribution in [-0.2, 0) is 6.54 Å². The first-order valence-electron chi connectivity index (χ1n) is 8.61. The second-order valence-corrected chi connectivity index (χ2v) is 6.72. The van der Waals surface area contributed by atoms with E-state index in [1.807, 2.05) is 30.9 Å². The molecule has 2 aromatic rings. The summed E-state index contributed by atoms with van der Waals surface area (Å²) in [5.74, 6) is -0.229. The standard InChI is InChI=1S/C19H23N3O4/c1-13-10-21(12-15-5-7-16(8-6-15)18(23)20-25)11-14(2)22(13)19(24)17-4-3-9-26-17/h3-9,13-14,25H,10-12H2,1-2H3,(H,20,23)/t13-,14-/m1/s1. The fourth-order valence-corrected chi connectivity index (χ4v) is 3.57. The Morgan fingerprint density at radius 1 is 1.15 bits per heavy atom. The molecule has 26 heavy (non-hydrogen) atoms. The molecule has 138 valence electrons. The molecular weight excluding hydrogens is 334 g/mol. The largest absolute Gasteiger partial charge is 0.459 e. The van der Waals surface area contributed by atoms with Crippen LogP contribution in [0.3, 0.4) is 0 Å². The number of hydrogen-bond acceptors (Lipinski definition) is 5. The molecule has 2 amide bonds. The summed E-state index contributed by atoms with van der Waals surface area (Å²) < 4.78 is 5.25. The lowest BCUT2D eigenvalue weighted by atomic mass is 10.1. The number of furan rings is 1. The quantitative estimate of drug-likeness (QED) is 0.647. The van der Waals surface area contributed by atoms with E-state index in [0.717, 1.165) is 25.2 Å². The number of nitrogens with one attached hydrogen (secondary N) is 1. The van der Waals surface area contributed by atoms with Crippen molar-refractivity contribution in [2.45, 2.75) is 32.5 Å². The maximum absolute atomic E-state index is 12.6. The fourth-order valence-electron chi connectivity index (χ4n) is 3.57. The molecule has 0 spiro atoms. The number of carbonyl (C=O) groups is 2. The Labute approximate surface area is 152 Å². The highest BCUT2D eigenvalue weighted by molar-refractivity contribution is 5.93. The van der Waals surface area contributed by atoms with Crippen molar-refractivity contribution < 1.29 is 19.2 Å². The third kappa shape index (κ3) is 3.79. The van der Waals surface area contributed by atoms with Gasteiger partial charge in [0.2, 0.25) is 0 Å². The number of hydrogen-bond donors (Lipinski definition) is 2. The Balaban J connectivity index is 1.64. The van der Waals surface area contributed by atoms with Gasteiger partial charge in [-0.05, 0) is 43.7 Å². The summed E-state index contributed by atoms with van der Waals surface area (Å²) in [5, 5.41) is 8.67. The Kier molecular flexibility index (Phi) is 5.39. The number of hydroxylamine groups is 1. The molecule has 1 aromatic carbocycles. The molecule has 1 saturated heterocycles. The zero-order chi connectivity index (χ0) is 18.7. The number of carbonyl (C=O) groups excluding carboxylic acids is 2. The first kappa shape index (κ1) is 18.2. The van der Waals surface area contributed by atoms with Crippen molar-refractivity contribution in [3.05, 3.63) is 59.5 Å². The van der Waals surface area contributed by atoms with Gasteiger partial charge in [0.05, 0.1) is 6.26 Å². The molecule has 3 rings (SSSR count). The number of rotatable bonds is 4. The van der Waals surface area contributed by atoms with Gasteiger partial charge in [-0.2, -0.15) is 0 Å². The molecule has 1 fully saturated rings. The van der Waals surface area contributed by atoms with Crippen LogP contribution in [0.25, 0.3) is 0 Å². The van der Waals surface area contributed by atoms with Crippen molar-refractivity contribution in [2.75, 3.05) is 13.1 Å². The molecule has 2 N–H and O–H groups in total. The molecule has 7 heteroatoms. The van der Waals surface area contributed by atoms with E-state index < -0.39 is 5.91 Å². The highest BCUT2D eigenvalue weighted by Crippen LogP contribution is 2.21. The minimum atomic E-state index is -0.524. The molecule has 0 radical (unpaired) electrons. The van der Waals surface area contributed by atoms with Gasteiger partial charge in [-0.3, -0.25) is 19.7 Å². The van der Waals surface area contributed by atoms with Crippen molar-refractivity contribution in [1.29, 1.82) is 0 Å². The molecule has 1 aromatic heterocycles. The van der Waals surface area contributed by atoms with E-state index in [1.165, 1.54) is 6.26 Å². The maximum atomic E-state index is 12.6. The van der Waals surface area contributed by atoms with Gasteiger partial charge in [0.25, 0.3) is 11.8 Å². The van der Waals surface area contributed by atoms with Crippen molar-refractivity contribution in [1.82, 2.24) is 15.3 Å². The third-order valence-electron chi connectivity index (χ3n) is 4.68. The first-order valence-corrected chi connectivity index (χ1v) is 8.61. The fraction of sp³-hybridized carbons (Fsp3) is 0.368. The lowest BCUT2D eigenvalue weighted by Gasteiger charge is -2.44. The van der Waals surface area contributed by atoms with Gasteiger partial charge in [-0.1, -0.05) is 12.1 Å². The minimum Gasteiger partial charge on any atom is -0.459 e. The average molecular weight is 357 g/mol. The van der Waals surface area contributed by atoms with Gasteiger partial charge >= 0.3 is 0 Å². The van der Waals surface area contributed by atoms with Crippen LogP contribution in [0.2, 0.25) is 0 Å². The summed E-state index contributed by atoms with van der Waals surface area (Å²) in [5.41, 5.74) is 3.11. The van der Waals surface area contributed by atoms with Crippen LogP contribution in [0, 0.1) is 0 Å². The van der Waals surface area contributed by atoms with Crippen molar-refractivity contribution in [2.24, 2.45) is 0 Å². The minimum absolute atomic E-state index is 0.0655. The molecule has 2 atom stereocenters. The van der Waals surface area contributed by atoms with Gasteiger partial charge in [-0.25, -0.2) is 5.48 Å². The molecule has 0 unspecified atom stereocenters. The number of benzene rings is 1. The third-order valence-corrected chi connectivity index (χ3v) is 4.68. The number of nitrogens with zero attached hydrogens (tertiary/aromatic N) is 2. The van der Waals surface area contributed by atoms with E-state index in [1.54, 1.807) is 29.7 Å². The van der Waals surface area contributed by atoms with Crippen LogP contribution in [0.5, 0.6) is 0 Å². The van der Waals surface area contributed by atoms with Crippen LogP contribution in [0.15, 0.2) is 47.1 Å². The Morgan fingerprint density at radius 2 is 1.81 bits per heavy atom. The van der Waals surface area contributed by atoms with Crippen molar-refractivity contribution in [3.63, 3.8) is 0 Å². The highest BCUT2D eigenvalue weighted by atomic mass is 16.5. The topological polar surface area (TPSA) is 86.0 Å². The van der Waals surface area contributed by atoms with Crippen LogP contribution < -0.4 is 5.48 Å². The Morgan fingerprint density at radius 3 is 2.35 bits per heavy atom. The van der Waals surface area contributed by atoms with Crippen LogP contribution in [0.1, 0.15) is 40.3 Å². The molecule has 0 bridgehead atoms. The Bertz CT molecular complexity index is 746. The monoisotopic (exact) mass is 357 g/mol. The van der Waals surface area contributed by atoms with E-state index in [9.17, 15) is 9.59 Å². The van der Waals surface area contributed by atoms with Crippen LogP contribution in [0.4, 0.5) is 0 Å². The average Bonchev–Trinajstić information content (AvgIpc) is 3.15. The van der Waals surface area contributed by atoms with Gasteiger partial charge < -0.3 is 9.32 Å². The molecule has 1 aliphatic rings. The summed E-state index contributed by atoms with van der Waals surface area (Å²) in [7, 11) is 0. The SMILES string of the molecule is C[C@@H]1CN(Cc2ccc(C(=O)NO)cc2)C[C@@H](C)N1C(=O)c1ccco1. The van der Waals surface area contributed by atoms with E-state index in [4.69, 9.17) is 9.62 Å². The zero-order valence-corrected chi connectivity index (χ0v) is 14.9. The van der Waals surface area contributed by atoms with E-state index >= 15 is 0 Å². The number of amides is 2. The van der Waals surface area contributed by atoms with Gasteiger partial charge in [0.1, 0.15) is 0 Å². The van der Waals surface area contributed by atoms with E-state index in [0.29, 0.717) is 11.3 Å². The highest BCUT2D eigenvalue weighted by Gasteiger charge is 2.34. The lowest BCUT2D eigenvalue weighted by molar-refractivity contribution is 0.0243. The normalized spacial score (nSPS) is 20.8. The molecule has 1 aliphatic heterocycles. The van der Waals surface area contributed by atoms with Crippen LogP contribution >= 0.6 is 0 Å². The first-order chi connectivity index (χ1) is 12.5. The van der Waals surface area contributed by atoms with Crippen LogP contribution in [-0.4, -0.2) is 52.0 Å². The molecule has 7 nitrogen and oxygen atoms in total. The lowest BCUT2D eigenvalue weighted by Crippen LogP contribution is -2.58. The molecule has 0 aliphatic carbocycles. The summed E-state index contributed by atoms with van der Waals surface area (Å²) in [6.45, 7) is 6.33. The smallest absolute Gasteiger partial charge is 0.290 e. The van der Waals surface area contributed by atoms with Gasteiger partial charge in [-0.15, -0.1) is 0 Å². The van der Waals surface area contributed by atoms with E-state index in [-0.39, 0.29) is 18.0 Å². The summed E-state index contributed by atoms with van der Waals surface area (Å²) in [6, 6.07) is 10.7. The van der Waals surface area contributed by atoms with Crippen molar-refractivity contribution in [3.8, 4) is 0 Å². The predicted molar refractivity (Wildman–Crippen MR) is 94.8 cm³/mol. The summed E-state index contributed by atoms with van der Waals surface area (Å²) >= 11 is 0. The second kappa shape index (κ2) is 7.72.